The fourth-order valence-electron chi connectivity index (χ4n) is 2.09. The van der Waals surface area contributed by atoms with Gasteiger partial charge in [0.2, 0.25) is 0 Å². The number of urea groups is 1. The van der Waals surface area contributed by atoms with E-state index in [4.69, 9.17) is 11.6 Å². The number of aromatic amines is 1. The number of carbonyl (C=O) groups is 1. The fraction of sp³-hybridized carbons (Fsp3) is 0. The third-order valence-electron chi connectivity index (χ3n) is 3.20. The van der Waals surface area contributed by atoms with Gasteiger partial charge in [0, 0.05) is 28.0 Å². The van der Waals surface area contributed by atoms with Crippen LogP contribution in [0.25, 0.3) is 11.3 Å². The molecule has 0 spiro atoms. The van der Waals surface area contributed by atoms with Crippen molar-refractivity contribution in [3.8, 4) is 11.3 Å². The second kappa shape index (κ2) is 6.97. The summed E-state index contributed by atoms with van der Waals surface area (Å²) in [5, 5.41) is 12.4. The lowest BCUT2D eigenvalue weighted by molar-refractivity contribution is 0.262. The number of benzene rings is 2. The molecule has 120 valence electrons. The van der Waals surface area contributed by atoms with Crippen LogP contribution in [0.5, 0.6) is 0 Å². The van der Waals surface area contributed by atoms with Gasteiger partial charge in [-0.05, 0) is 42.5 Å². The van der Waals surface area contributed by atoms with Gasteiger partial charge < -0.3 is 10.6 Å². The molecule has 0 atom stereocenters. The molecule has 6 nitrogen and oxygen atoms in total. The van der Waals surface area contributed by atoms with Crippen molar-refractivity contribution in [3.05, 3.63) is 76.0 Å². The Labute approximate surface area is 142 Å². The molecular formula is C17H13ClN4O2. The summed E-state index contributed by atoms with van der Waals surface area (Å²) in [6, 6.07) is 16.6. The Morgan fingerprint density at radius 2 is 1.71 bits per heavy atom. The van der Waals surface area contributed by atoms with Crippen LogP contribution >= 0.6 is 11.6 Å². The highest BCUT2D eigenvalue weighted by Crippen LogP contribution is 2.20. The first-order valence-corrected chi connectivity index (χ1v) is 7.48. The van der Waals surface area contributed by atoms with Gasteiger partial charge in [-0.25, -0.2) is 9.89 Å². The molecular weight excluding hydrogens is 328 g/mol. The second-order valence-electron chi connectivity index (χ2n) is 4.97. The zero-order valence-corrected chi connectivity index (χ0v) is 13.2. The van der Waals surface area contributed by atoms with Crippen molar-refractivity contribution in [1.29, 1.82) is 0 Å². The fourth-order valence-corrected chi connectivity index (χ4v) is 2.21. The average molecular weight is 341 g/mol. The van der Waals surface area contributed by atoms with Crippen LogP contribution in [0.15, 0.2) is 65.5 Å². The topological polar surface area (TPSA) is 86.9 Å². The maximum Gasteiger partial charge on any atom is 0.323 e. The second-order valence-corrected chi connectivity index (χ2v) is 5.41. The molecule has 2 aromatic carbocycles. The van der Waals surface area contributed by atoms with Gasteiger partial charge in [0.15, 0.2) is 0 Å². The molecule has 0 saturated heterocycles. The molecule has 3 N–H and O–H groups in total. The minimum atomic E-state index is -0.371. The third-order valence-corrected chi connectivity index (χ3v) is 3.45. The van der Waals surface area contributed by atoms with Crippen LogP contribution in [0.3, 0.4) is 0 Å². The molecule has 0 saturated carbocycles. The van der Waals surface area contributed by atoms with Gasteiger partial charge in [-0.3, -0.25) is 4.79 Å². The Morgan fingerprint density at radius 1 is 0.958 bits per heavy atom. The zero-order valence-electron chi connectivity index (χ0n) is 12.4. The van der Waals surface area contributed by atoms with Crippen molar-refractivity contribution in [3.63, 3.8) is 0 Å². The molecule has 3 rings (SSSR count). The first-order chi connectivity index (χ1) is 11.6. The summed E-state index contributed by atoms with van der Waals surface area (Å²) in [7, 11) is 0. The van der Waals surface area contributed by atoms with Crippen molar-refractivity contribution in [2.45, 2.75) is 0 Å². The Hall–Kier alpha value is -3.12. The highest BCUT2D eigenvalue weighted by Gasteiger charge is 2.05. The number of halogens is 1. The number of carbonyl (C=O) groups excluding carboxylic acids is 1. The Kier molecular flexibility index (Phi) is 4.58. The first-order valence-electron chi connectivity index (χ1n) is 7.10. The van der Waals surface area contributed by atoms with E-state index in [1.54, 1.807) is 48.5 Å². The van der Waals surface area contributed by atoms with Crippen molar-refractivity contribution in [2.24, 2.45) is 0 Å². The van der Waals surface area contributed by atoms with Crippen molar-refractivity contribution < 1.29 is 4.79 Å². The normalized spacial score (nSPS) is 10.2. The van der Waals surface area contributed by atoms with Crippen LogP contribution in [-0.2, 0) is 0 Å². The number of nitrogens with zero attached hydrogens (tertiary/aromatic N) is 1. The van der Waals surface area contributed by atoms with Gasteiger partial charge in [-0.1, -0.05) is 23.7 Å². The van der Waals surface area contributed by atoms with Crippen LogP contribution in [0.2, 0.25) is 5.02 Å². The Morgan fingerprint density at radius 3 is 2.42 bits per heavy atom. The van der Waals surface area contributed by atoms with E-state index in [-0.39, 0.29) is 11.6 Å². The Balaban J connectivity index is 1.72. The average Bonchev–Trinajstić information content (AvgIpc) is 2.58. The highest BCUT2D eigenvalue weighted by molar-refractivity contribution is 6.30. The Bertz CT molecular complexity index is 902. The molecule has 0 aliphatic carbocycles. The molecule has 0 fully saturated rings. The number of hydrogen-bond donors (Lipinski definition) is 3. The van der Waals surface area contributed by atoms with Gasteiger partial charge >= 0.3 is 6.03 Å². The van der Waals surface area contributed by atoms with Crippen LogP contribution in [0.4, 0.5) is 16.2 Å². The maximum absolute atomic E-state index is 12.0. The summed E-state index contributed by atoms with van der Waals surface area (Å²) in [6.07, 6.45) is 0. The smallest absolute Gasteiger partial charge is 0.308 e. The summed E-state index contributed by atoms with van der Waals surface area (Å²) < 4.78 is 0. The summed E-state index contributed by atoms with van der Waals surface area (Å²) in [5.41, 5.74) is 2.35. The number of amides is 2. The molecule has 0 aliphatic rings. The molecule has 0 bridgehead atoms. The summed E-state index contributed by atoms with van der Waals surface area (Å²) in [6.45, 7) is 0. The molecule has 2 amide bonds. The van der Waals surface area contributed by atoms with Crippen LogP contribution in [0, 0.1) is 0 Å². The van der Waals surface area contributed by atoms with Crippen LogP contribution < -0.4 is 16.2 Å². The number of hydrogen-bond acceptors (Lipinski definition) is 3. The molecule has 7 heteroatoms. The van der Waals surface area contributed by atoms with Crippen LogP contribution in [-0.4, -0.2) is 16.2 Å². The van der Waals surface area contributed by atoms with E-state index in [0.717, 1.165) is 5.56 Å². The van der Waals surface area contributed by atoms with E-state index < -0.39 is 0 Å². The van der Waals surface area contributed by atoms with E-state index in [9.17, 15) is 9.59 Å². The summed E-state index contributed by atoms with van der Waals surface area (Å²) in [5.74, 6) is 0. The minimum absolute atomic E-state index is 0.268. The standard InChI is InChI=1S/C17H13ClN4O2/c18-12-4-6-13(7-5-12)19-17(24)20-14-3-1-2-11(10-14)15-8-9-16(23)22-21-15/h1-10H,(H,22,23)(H2,19,20,24). The van der Waals surface area contributed by atoms with Gasteiger partial charge in [0.25, 0.3) is 5.56 Å². The molecule has 1 aromatic heterocycles. The van der Waals surface area contributed by atoms with Gasteiger partial charge in [0.1, 0.15) is 0 Å². The van der Waals surface area contributed by atoms with Gasteiger partial charge in [-0.2, -0.15) is 5.10 Å². The number of H-pyrrole nitrogens is 1. The number of rotatable bonds is 3. The van der Waals surface area contributed by atoms with Gasteiger partial charge in [0.05, 0.1) is 5.69 Å². The lowest BCUT2D eigenvalue weighted by atomic mass is 10.1. The molecule has 24 heavy (non-hydrogen) atoms. The van der Waals surface area contributed by atoms with E-state index in [0.29, 0.717) is 22.1 Å². The SMILES string of the molecule is O=C(Nc1ccc(Cl)cc1)Nc1cccc(-c2ccc(=O)[nH]n2)c1. The van der Waals surface area contributed by atoms with Crippen molar-refractivity contribution >= 4 is 29.0 Å². The predicted octanol–water partition coefficient (Wildman–Crippen LogP) is 3.73. The monoisotopic (exact) mass is 340 g/mol. The summed E-state index contributed by atoms with van der Waals surface area (Å²) >= 11 is 5.81. The molecule has 1 heterocycles. The molecule has 0 radical (unpaired) electrons. The van der Waals surface area contributed by atoms with Crippen LogP contribution in [0.1, 0.15) is 0 Å². The minimum Gasteiger partial charge on any atom is -0.308 e. The first kappa shape index (κ1) is 15.8. The third kappa shape index (κ3) is 3.99. The van der Waals surface area contributed by atoms with E-state index >= 15 is 0 Å². The summed E-state index contributed by atoms with van der Waals surface area (Å²) in [4.78, 5) is 23.1. The number of anilines is 2. The zero-order chi connectivity index (χ0) is 16.9. The van der Waals surface area contributed by atoms with E-state index in [1.165, 1.54) is 6.07 Å². The van der Waals surface area contributed by atoms with Crippen molar-refractivity contribution in [2.75, 3.05) is 10.6 Å². The largest absolute Gasteiger partial charge is 0.323 e. The predicted molar refractivity (Wildman–Crippen MR) is 94.4 cm³/mol. The quantitative estimate of drug-likeness (QED) is 0.678. The lowest BCUT2D eigenvalue weighted by Crippen LogP contribution is -2.19. The molecule has 0 unspecified atom stereocenters. The maximum atomic E-state index is 12.0. The van der Waals surface area contributed by atoms with E-state index in [2.05, 4.69) is 20.8 Å². The molecule has 3 aromatic rings. The van der Waals surface area contributed by atoms with Crippen molar-refractivity contribution in [1.82, 2.24) is 10.2 Å². The number of nitrogens with one attached hydrogen (secondary N) is 3. The lowest BCUT2D eigenvalue weighted by Gasteiger charge is -2.09. The highest BCUT2D eigenvalue weighted by atomic mass is 35.5. The molecule has 0 aliphatic heterocycles. The van der Waals surface area contributed by atoms with E-state index in [1.807, 2.05) is 6.07 Å². The van der Waals surface area contributed by atoms with Gasteiger partial charge in [-0.15, -0.1) is 0 Å². The number of aromatic nitrogens is 2.